The number of hydrogen-bond donors (Lipinski definition) is 1. The minimum absolute atomic E-state index is 0.0146. The molecule has 0 radical (unpaired) electrons. The Morgan fingerprint density at radius 3 is 2.59 bits per heavy atom. The van der Waals surface area contributed by atoms with Crippen LogP contribution in [0.2, 0.25) is 0 Å². The molecule has 0 spiro atoms. The van der Waals surface area contributed by atoms with E-state index in [2.05, 4.69) is 26.8 Å². The van der Waals surface area contributed by atoms with Crippen LogP contribution in [0.25, 0.3) is 0 Å². The zero-order valence-corrected chi connectivity index (χ0v) is 14.3. The van der Waals surface area contributed by atoms with Crippen molar-refractivity contribution in [2.45, 2.75) is 53.9 Å². The molecule has 0 atom stereocenters. The van der Waals surface area contributed by atoms with Gasteiger partial charge in [-0.25, -0.2) is 4.79 Å². The lowest BCUT2D eigenvalue weighted by Gasteiger charge is -2.32. The summed E-state index contributed by atoms with van der Waals surface area (Å²) in [6, 6.07) is -0.0562. The Bertz CT molecular complexity index is 659. The van der Waals surface area contributed by atoms with Crippen LogP contribution in [-0.2, 0) is 4.79 Å². The van der Waals surface area contributed by atoms with Crippen LogP contribution < -0.4 is 0 Å². The summed E-state index contributed by atoms with van der Waals surface area (Å²) in [5.74, 6) is -1.10. The monoisotopic (exact) mass is 302 g/mol. The molecule has 1 aliphatic carbocycles. The summed E-state index contributed by atoms with van der Waals surface area (Å²) >= 11 is 0. The normalized spacial score (nSPS) is 22.4. The first-order valence-electron chi connectivity index (χ1n) is 8.70. The Morgan fingerprint density at radius 1 is 1.32 bits per heavy atom. The van der Waals surface area contributed by atoms with Gasteiger partial charge in [0.05, 0.1) is 2.74 Å². The topological polar surface area (TPSA) is 37.3 Å². The van der Waals surface area contributed by atoms with Gasteiger partial charge in [-0.1, -0.05) is 55.3 Å². The second-order valence-corrected chi connectivity index (χ2v) is 6.59. The average Bonchev–Trinajstić information content (AvgIpc) is 2.44. The van der Waals surface area contributed by atoms with Crippen molar-refractivity contribution in [1.29, 1.82) is 0 Å². The molecule has 0 aromatic heterocycles. The molecular weight excluding hydrogens is 272 g/mol. The van der Waals surface area contributed by atoms with Gasteiger partial charge < -0.3 is 5.11 Å². The van der Waals surface area contributed by atoms with Crippen molar-refractivity contribution in [3.05, 3.63) is 58.7 Å². The Kier molecular flexibility index (Phi) is 5.47. The molecule has 0 aromatic rings. The lowest BCUT2D eigenvalue weighted by molar-refractivity contribution is -0.131. The van der Waals surface area contributed by atoms with Crippen LogP contribution in [0.3, 0.4) is 0 Å². The van der Waals surface area contributed by atoms with Gasteiger partial charge in [-0.3, -0.25) is 0 Å². The third-order valence-corrected chi connectivity index (χ3v) is 3.96. The second-order valence-electron chi connectivity index (χ2n) is 6.59. The molecule has 1 aliphatic rings. The van der Waals surface area contributed by atoms with Crippen LogP contribution in [0, 0.1) is 5.41 Å². The van der Waals surface area contributed by atoms with E-state index in [0.717, 1.165) is 18.1 Å². The summed E-state index contributed by atoms with van der Waals surface area (Å²) in [5, 5.41) is 8.72. The summed E-state index contributed by atoms with van der Waals surface area (Å²) in [4.78, 5) is 10.7. The van der Waals surface area contributed by atoms with Gasteiger partial charge >= 0.3 is 5.97 Å². The molecule has 0 aliphatic heterocycles. The SMILES string of the molecule is [2H]C(/C=C(C)\C=C\C1=C(C)CCCC1(C)C)=C([2H])/C(C)=C/C(=O)O. The van der Waals surface area contributed by atoms with Crippen LogP contribution in [0.1, 0.15) is 56.6 Å². The maximum Gasteiger partial charge on any atom is 0.328 e. The van der Waals surface area contributed by atoms with Gasteiger partial charge in [0, 0.05) is 6.08 Å². The Morgan fingerprint density at radius 2 is 2.00 bits per heavy atom. The summed E-state index contributed by atoms with van der Waals surface area (Å²) in [5.41, 5.74) is 4.07. The van der Waals surface area contributed by atoms with Crippen molar-refractivity contribution in [3.63, 3.8) is 0 Å². The van der Waals surface area contributed by atoms with Crippen LogP contribution in [0.15, 0.2) is 58.7 Å². The fourth-order valence-electron chi connectivity index (χ4n) is 2.76. The summed E-state index contributed by atoms with van der Waals surface area (Å²) in [7, 11) is 0. The van der Waals surface area contributed by atoms with Gasteiger partial charge in [-0.2, -0.15) is 0 Å². The van der Waals surface area contributed by atoms with E-state index >= 15 is 0 Å². The highest BCUT2D eigenvalue weighted by molar-refractivity contribution is 5.81. The van der Waals surface area contributed by atoms with E-state index in [1.807, 2.05) is 13.0 Å². The van der Waals surface area contributed by atoms with Gasteiger partial charge in [0.25, 0.3) is 0 Å². The van der Waals surface area contributed by atoms with Crippen LogP contribution in [0.5, 0.6) is 0 Å². The zero-order chi connectivity index (χ0) is 18.5. The van der Waals surface area contributed by atoms with E-state index in [1.165, 1.54) is 30.9 Å². The lowest BCUT2D eigenvalue weighted by atomic mass is 9.72. The standard InChI is InChI=1S/C20H28O2/c1-15(8-6-9-16(2)14-19(21)22)11-12-18-17(3)10-7-13-20(18,4)5/h6,8-9,11-12,14H,7,10,13H2,1-5H3,(H,21,22)/b9-6-,12-11+,15-8-,16-14+/i6D,9D. The molecule has 1 N–H and O–H groups in total. The molecule has 2 nitrogen and oxygen atoms in total. The number of carboxylic acid groups (broad SMARTS) is 1. The van der Waals surface area contributed by atoms with E-state index in [1.54, 1.807) is 6.08 Å². The fraction of sp³-hybridized carbons (Fsp3) is 0.450. The first-order chi connectivity index (χ1) is 11.0. The van der Waals surface area contributed by atoms with E-state index in [0.29, 0.717) is 0 Å². The minimum atomic E-state index is -1.10. The number of carboxylic acids is 1. The maximum absolute atomic E-state index is 10.7. The second kappa shape index (κ2) is 7.98. The number of aliphatic carboxylic acids is 1. The summed E-state index contributed by atoms with van der Waals surface area (Å²) in [6.45, 7) is 10.1. The minimum Gasteiger partial charge on any atom is -0.478 e. The summed E-state index contributed by atoms with van der Waals surface area (Å²) in [6.07, 6.45) is 10.2. The third kappa shape index (κ3) is 5.88. The zero-order valence-electron chi connectivity index (χ0n) is 16.3. The molecule has 2 heteroatoms. The quantitative estimate of drug-likeness (QED) is 0.530. The highest BCUT2D eigenvalue weighted by Gasteiger charge is 2.26. The van der Waals surface area contributed by atoms with Crippen molar-refractivity contribution in [2.75, 3.05) is 0 Å². The summed E-state index contributed by atoms with van der Waals surface area (Å²) < 4.78 is 15.8. The van der Waals surface area contributed by atoms with Crippen molar-refractivity contribution in [2.24, 2.45) is 5.41 Å². The number of allylic oxidation sites excluding steroid dienone is 9. The fourth-order valence-corrected chi connectivity index (χ4v) is 2.76. The number of hydrogen-bond acceptors (Lipinski definition) is 1. The maximum atomic E-state index is 10.7. The van der Waals surface area contributed by atoms with Gasteiger partial charge in [-0.15, -0.1) is 0 Å². The Hall–Kier alpha value is -1.83. The van der Waals surface area contributed by atoms with Gasteiger partial charge in [0.1, 0.15) is 0 Å². The molecule has 0 amide bonds. The molecule has 0 fully saturated rings. The van der Waals surface area contributed by atoms with Crippen LogP contribution in [0.4, 0.5) is 0 Å². The molecule has 0 saturated heterocycles. The number of rotatable bonds is 5. The lowest BCUT2D eigenvalue weighted by Crippen LogP contribution is -2.19. The third-order valence-electron chi connectivity index (χ3n) is 3.96. The highest BCUT2D eigenvalue weighted by atomic mass is 16.4. The van der Waals surface area contributed by atoms with E-state index < -0.39 is 5.97 Å². The molecular formula is C20H28O2. The molecule has 0 saturated carbocycles. The van der Waals surface area contributed by atoms with E-state index in [9.17, 15) is 4.79 Å². The van der Waals surface area contributed by atoms with Crippen LogP contribution >= 0.6 is 0 Å². The Balaban J connectivity index is 3.04. The predicted octanol–water partition coefficient (Wildman–Crippen LogP) is 5.60. The predicted molar refractivity (Wildman–Crippen MR) is 93.8 cm³/mol. The van der Waals surface area contributed by atoms with E-state index in [-0.39, 0.29) is 23.1 Å². The highest BCUT2D eigenvalue weighted by Crippen LogP contribution is 2.40. The van der Waals surface area contributed by atoms with Gasteiger partial charge in [0.15, 0.2) is 0 Å². The first kappa shape index (κ1) is 15.1. The van der Waals surface area contributed by atoms with Gasteiger partial charge in [0.2, 0.25) is 0 Å². The van der Waals surface area contributed by atoms with Crippen molar-refractivity contribution in [1.82, 2.24) is 0 Å². The molecule has 0 unspecified atom stereocenters. The van der Waals surface area contributed by atoms with Gasteiger partial charge in [-0.05, 0) is 56.6 Å². The molecule has 0 heterocycles. The largest absolute Gasteiger partial charge is 0.478 e. The molecule has 0 bridgehead atoms. The first-order valence-corrected chi connectivity index (χ1v) is 7.70. The molecule has 120 valence electrons. The van der Waals surface area contributed by atoms with E-state index in [4.69, 9.17) is 7.85 Å². The number of carbonyl (C=O) groups is 1. The average molecular weight is 302 g/mol. The Labute approximate surface area is 137 Å². The molecule has 0 aromatic carbocycles. The molecule has 1 rings (SSSR count). The van der Waals surface area contributed by atoms with Crippen molar-refractivity contribution in [3.8, 4) is 0 Å². The smallest absolute Gasteiger partial charge is 0.328 e. The van der Waals surface area contributed by atoms with Crippen LogP contribution in [-0.4, -0.2) is 11.1 Å². The van der Waals surface area contributed by atoms with Crippen molar-refractivity contribution >= 4 is 5.97 Å². The molecule has 22 heavy (non-hydrogen) atoms. The van der Waals surface area contributed by atoms with Crippen molar-refractivity contribution < 1.29 is 12.6 Å².